The maximum atomic E-state index is 13.5. The van der Waals surface area contributed by atoms with E-state index in [9.17, 15) is 32.6 Å². The second kappa shape index (κ2) is 6.55. The Hall–Kier alpha value is -1.12. The first-order chi connectivity index (χ1) is 9.14. The zero-order chi connectivity index (χ0) is 15.5. The van der Waals surface area contributed by atoms with Crippen LogP contribution in [-0.4, -0.2) is 27.2 Å². The minimum absolute atomic E-state index is 0.331. The van der Waals surface area contributed by atoms with Crippen molar-refractivity contribution in [1.82, 2.24) is 0 Å². The molecule has 0 aliphatic rings. The van der Waals surface area contributed by atoms with E-state index in [1.807, 2.05) is 0 Å². The standard InChI is InChI=1S/C12H12F4O3S/c1-6(17)20-5-9(18)11(19)10-7(12(14,15)16)3-2-4-8(10)13/h2-4,9,11,18-19H,5H2,1H3. The molecule has 0 aliphatic heterocycles. The molecule has 0 saturated heterocycles. The number of rotatable bonds is 4. The summed E-state index contributed by atoms with van der Waals surface area (Å²) in [6, 6.07) is 2.25. The van der Waals surface area contributed by atoms with Crippen LogP contribution in [0.15, 0.2) is 18.2 Å². The van der Waals surface area contributed by atoms with Crippen LogP contribution in [0.25, 0.3) is 0 Å². The van der Waals surface area contributed by atoms with Crippen molar-refractivity contribution in [2.75, 3.05) is 5.75 Å². The second-order valence-electron chi connectivity index (χ2n) is 4.01. The zero-order valence-corrected chi connectivity index (χ0v) is 11.1. The summed E-state index contributed by atoms with van der Waals surface area (Å²) in [5, 5.41) is 18.9. The topological polar surface area (TPSA) is 57.5 Å². The molecule has 0 heterocycles. The van der Waals surface area contributed by atoms with Crippen LogP contribution in [-0.2, 0) is 11.0 Å². The molecule has 0 aliphatic carbocycles. The van der Waals surface area contributed by atoms with Gasteiger partial charge in [-0.15, -0.1) is 0 Å². The lowest BCUT2D eigenvalue weighted by Gasteiger charge is -2.21. The van der Waals surface area contributed by atoms with Crippen LogP contribution < -0.4 is 0 Å². The number of thioether (sulfide) groups is 1. The van der Waals surface area contributed by atoms with Crippen LogP contribution in [0.3, 0.4) is 0 Å². The number of carbonyl (C=O) groups excluding carboxylic acids is 1. The Labute approximate surface area is 116 Å². The van der Waals surface area contributed by atoms with Crippen LogP contribution in [0.2, 0.25) is 0 Å². The molecule has 20 heavy (non-hydrogen) atoms. The van der Waals surface area contributed by atoms with Crippen molar-refractivity contribution < 1.29 is 32.6 Å². The Morgan fingerprint density at radius 3 is 2.45 bits per heavy atom. The fourth-order valence-corrected chi connectivity index (χ4v) is 2.16. The summed E-state index contributed by atoms with van der Waals surface area (Å²) in [5.41, 5.74) is -2.37. The quantitative estimate of drug-likeness (QED) is 0.839. The lowest BCUT2D eigenvalue weighted by molar-refractivity contribution is -0.140. The molecule has 0 radical (unpaired) electrons. The number of carbonyl (C=O) groups is 1. The molecule has 0 fully saturated rings. The van der Waals surface area contributed by atoms with Gasteiger partial charge in [0.2, 0.25) is 0 Å². The van der Waals surface area contributed by atoms with Crippen molar-refractivity contribution in [3.63, 3.8) is 0 Å². The summed E-state index contributed by atoms with van der Waals surface area (Å²) in [4.78, 5) is 10.7. The molecule has 2 atom stereocenters. The van der Waals surface area contributed by atoms with Crippen molar-refractivity contribution in [3.05, 3.63) is 35.1 Å². The molecule has 8 heteroatoms. The van der Waals surface area contributed by atoms with Crippen LogP contribution in [0.5, 0.6) is 0 Å². The average Bonchev–Trinajstić information content (AvgIpc) is 2.33. The maximum Gasteiger partial charge on any atom is 0.416 e. The molecule has 0 aromatic heterocycles. The first kappa shape index (κ1) is 16.9. The van der Waals surface area contributed by atoms with Crippen molar-refractivity contribution in [2.45, 2.75) is 25.3 Å². The van der Waals surface area contributed by atoms with E-state index in [1.54, 1.807) is 0 Å². The van der Waals surface area contributed by atoms with Crippen molar-refractivity contribution in [2.24, 2.45) is 0 Å². The average molecular weight is 312 g/mol. The van der Waals surface area contributed by atoms with Crippen molar-refractivity contribution >= 4 is 16.9 Å². The van der Waals surface area contributed by atoms with Gasteiger partial charge in [-0.1, -0.05) is 17.8 Å². The zero-order valence-electron chi connectivity index (χ0n) is 10.3. The minimum atomic E-state index is -4.86. The predicted molar refractivity (Wildman–Crippen MR) is 65.5 cm³/mol. The number of aliphatic hydroxyl groups excluding tert-OH is 2. The van der Waals surface area contributed by atoms with Gasteiger partial charge in [0.1, 0.15) is 11.9 Å². The molecule has 0 spiro atoms. The molecule has 1 aromatic rings. The third-order valence-corrected chi connectivity index (χ3v) is 3.39. The molecule has 0 saturated carbocycles. The molecule has 0 bridgehead atoms. The molecule has 112 valence electrons. The van der Waals surface area contributed by atoms with E-state index >= 15 is 0 Å². The van der Waals surface area contributed by atoms with Crippen LogP contribution in [0.4, 0.5) is 17.6 Å². The Bertz CT molecular complexity index is 490. The van der Waals surface area contributed by atoms with Gasteiger partial charge < -0.3 is 10.2 Å². The lowest BCUT2D eigenvalue weighted by atomic mass is 9.98. The number of alkyl halides is 3. The fourth-order valence-electron chi connectivity index (χ4n) is 1.57. The number of benzene rings is 1. The lowest BCUT2D eigenvalue weighted by Crippen LogP contribution is -2.25. The molecule has 3 nitrogen and oxygen atoms in total. The van der Waals surface area contributed by atoms with Gasteiger partial charge in [-0.3, -0.25) is 4.79 Å². The number of hydrogen-bond acceptors (Lipinski definition) is 4. The van der Waals surface area contributed by atoms with E-state index in [4.69, 9.17) is 0 Å². The van der Waals surface area contributed by atoms with Gasteiger partial charge in [0, 0.05) is 18.2 Å². The van der Waals surface area contributed by atoms with Crippen LogP contribution in [0, 0.1) is 5.82 Å². The van der Waals surface area contributed by atoms with Crippen molar-refractivity contribution in [1.29, 1.82) is 0 Å². The highest BCUT2D eigenvalue weighted by atomic mass is 32.2. The van der Waals surface area contributed by atoms with E-state index in [2.05, 4.69) is 0 Å². The Kier molecular flexibility index (Phi) is 5.55. The molecule has 2 unspecified atom stereocenters. The number of halogens is 4. The minimum Gasteiger partial charge on any atom is -0.389 e. The summed E-state index contributed by atoms with van der Waals surface area (Å²) >= 11 is 0.629. The van der Waals surface area contributed by atoms with Gasteiger partial charge in [0.05, 0.1) is 11.7 Å². The van der Waals surface area contributed by atoms with Gasteiger partial charge in [-0.25, -0.2) is 4.39 Å². The van der Waals surface area contributed by atoms with Gasteiger partial charge >= 0.3 is 6.18 Å². The van der Waals surface area contributed by atoms with Crippen molar-refractivity contribution in [3.8, 4) is 0 Å². The molecular formula is C12H12F4O3S. The highest BCUT2D eigenvalue weighted by Gasteiger charge is 2.38. The van der Waals surface area contributed by atoms with Crippen LogP contribution >= 0.6 is 11.8 Å². The monoisotopic (exact) mass is 312 g/mol. The number of hydrogen-bond donors (Lipinski definition) is 2. The van der Waals surface area contributed by atoms with E-state index in [0.29, 0.717) is 17.8 Å². The summed E-state index contributed by atoms with van der Waals surface area (Å²) in [7, 11) is 0. The third-order valence-electron chi connectivity index (χ3n) is 2.48. The van der Waals surface area contributed by atoms with E-state index in [0.717, 1.165) is 12.1 Å². The van der Waals surface area contributed by atoms with Gasteiger partial charge in [0.15, 0.2) is 5.12 Å². The second-order valence-corrected chi connectivity index (χ2v) is 5.21. The third kappa shape index (κ3) is 4.19. The fraction of sp³-hybridized carbons (Fsp3) is 0.417. The number of aliphatic hydroxyl groups is 2. The SMILES string of the molecule is CC(=O)SCC(O)C(O)c1c(F)cccc1C(F)(F)F. The van der Waals surface area contributed by atoms with Gasteiger partial charge in [0.25, 0.3) is 0 Å². The van der Waals surface area contributed by atoms with E-state index < -0.39 is 35.3 Å². The van der Waals surface area contributed by atoms with Crippen LogP contribution in [0.1, 0.15) is 24.2 Å². The highest BCUT2D eigenvalue weighted by molar-refractivity contribution is 8.13. The first-order valence-electron chi connectivity index (χ1n) is 5.49. The summed E-state index contributed by atoms with van der Waals surface area (Å²) in [6.45, 7) is 1.20. The molecule has 0 amide bonds. The Morgan fingerprint density at radius 1 is 1.35 bits per heavy atom. The van der Waals surface area contributed by atoms with E-state index in [1.165, 1.54) is 6.92 Å². The highest BCUT2D eigenvalue weighted by Crippen LogP contribution is 2.37. The summed E-state index contributed by atoms with van der Waals surface area (Å²) in [6.07, 6.45) is -8.62. The molecular weight excluding hydrogens is 300 g/mol. The largest absolute Gasteiger partial charge is 0.416 e. The molecule has 2 N–H and O–H groups in total. The van der Waals surface area contributed by atoms with Gasteiger partial charge in [-0.2, -0.15) is 13.2 Å². The predicted octanol–water partition coefficient (Wildman–Crippen LogP) is 2.52. The summed E-state index contributed by atoms with van der Waals surface area (Å²) in [5.74, 6) is -1.60. The molecule has 1 rings (SSSR count). The smallest absolute Gasteiger partial charge is 0.389 e. The van der Waals surface area contributed by atoms with Gasteiger partial charge in [-0.05, 0) is 12.1 Å². The Balaban J connectivity index is 3.08. The van der Waals surface area contributed by atoms with E-state index in [-0.39, 0.29) is 10.9 Å². The maximum absolute atomic E-state index is 13.5. The Morgan fingerprint density at radius 2 is 1.95 bits per heavy atom. The first-order valence-corrected chi connectivity index (χ1v) is 6.48. The molecule has 1 aromatic carbocycles. The normalized spacial score (nSPS) is 14.9. The summed E-state index contributed by atoms with van der Waals surface area (Å²) < 4.78 is 51.8.